The van der Waals surface area contributed by atoms with Crippen LogP contribution in [-0.4, -0.2) is 37.7 Å². The van der Waals surface area contributed by atoms with Crippen molar-refractivity contribution in [1.82, 2.24) is 4.90 Å². The van der Waals surface area contributed by atoms with Crippen molar-refractivity contribution in [1.29, 1.82) is 0 Å². The van der Waals surface area contributed by atoms with E-state index in [1.807, 2.05) is 13.1 Å². The molecular formula is C12H16F2N2O. The minimum absolute atomic E-state index is 0.0394. The minimum atomic E-state index is -2.80. The van der Waals surface area contributed by atoms with Gasteiger partial charge in [0, 0.05) is 30.6 Å². The van der Waals surface area contributed by atoms with Gasteiger partial charge in [-0.25, -0.2) is 0 Å². The lowest BCUT2D eigenvalue weighted by Gasteiger charge is -2.18. The predicted molar refractivity (Wildman–Crippen MR) is 61.3 cm³/mol. The summed E-state index contributed by atoms with van der Waals surface area (Å²) in [5.74, 6) is 0.285. The number of likely N-dealkylation sites (tertiary alicyclic amines) is 1. The van der Waals surface area contributed by atoms with E-state index in [4.69, 9.17) is 5.73 Å². The summed E-state index contributed by atoms with van der Waals surface area (Å²) in [6, 6.07) is 6.83. The molecule has 0 bridgehead atoms. The SMILES string of the molecule is CN1CC(N)C(c2ccccc2OC(F)F)C1. The zero-order chi connectivity index (χ0) is 12.4. The number of hydrogen-bond acceptors (Lipinski definition) is 3. The van der Waals surface area contributed by atoms with E-state index in [0.29, 0.717) is 0 Å². The zero-order valence-electron chi connectivity index (χ0n) is 9.64. The molecule has 0 aliphatic carbocycles. The highest BCUT2D eigenvalue weighted by Crippen LogP contribution is 2.33. The van der Waals surface area contributed by atoms with Gasteiger partial charge in [0.05, 0.1) is 0 Å². The zero-order valence-corrected chi connectivity index (χ0v) is 9.64. The molecule has 1 fully saturated rings. The van der Waals surface area contributed by atoms with Crippen molar-refractivity contribution >= 4 is 0 Å². The lowest BCUT2D eigenvalue weighted by Crippen LogP contribution is -2.28. The number of likely N-dealkylation sites (N-methyl/N-ethyl adjacent to an activating group) is 1. The van der Waals surface area contributed by atoms with Gasteiger partial charge < -0.3 is 15.4 Å². The molecule has 2 unspecified atom stereocenters. The first-order chi connectivity index (χ1) is 8.08. The normalized spacial score (nSPS) is 25.5. The predicted octanol–water partition coefficient (Wildman–Crippen LogP) is 1.64. The Labute approximate surface area is 99.2 Å². The Hall–Kier alpha value is -1.20. The van der Waals surface area contributed by atoms with Crippen molar-refractivity contribution in [2.24, 2.45) is 5.73 Å². The van der Waals surface area contributed by atoms with Gasteiger partial charge in [-0.3, -0.25) is 0 Å². The Bertz CT molecular complexity index is 387. The highest BCUT2D eigenvalue weighted by Gasteiger charge is 2.31. The summed E-state index contributed by atoms with van der Waals surface area (Å²) in [6.07, 6.45) is 0. The number of hydrogen-bond donors (Lipinski definition) is 1. The van der Waals surface area contributed by atoms with E-state index >= 15 is 0 Å². The smallest absolute Gasteiger partial charge is 0.387 e. The number of benzene rings is 1. The Morgan fingerprint density at radius 2 is 2.06 bits per heavy atom. The molecule has 1 aromatic rings. The minimum Gasteiger partial charge on any atom is -0.435 e. The molecule has 0 saturated carbocycles. The standard InChI is InChI=1S/C12H16F2N2O/c1-16-6-9(10(15)7-16)8-4-2-3-5-11(8)17-12(13)14/h2-5,9-10,12H,6-7,15H2,1H3. The van der Waals surface area contributed by atoms with Gasteiger partial charge in [0.25, 0.3) is 0 Å². The number of nitrogens with two attached hydrogens (primary N) is 1. The average molecular weight is 242 g/mol. The number of nitrogens with zero attached hydrogens (tertiary/aromatic N) is 1. The highest BCUT2D eigenvalue weighted by atomic mass is 19.3. The molecule has 1 heterocycles. The summed E-state index contributed by atoms with van der Waals surface area (Å²) in [4.78, 5) is 2.09. The van der Waals surface area contributed by atoms with E-state index < -0.39 is 6.61 Å². The van der Waals surface area contributed by atoms with Crippen molar-refractivity contribution in [3.05, 3.63) is 29.8 Å². The molecule has 0 spiro atoms. The third-order valence-corrected chi connectivity index (χ3v) is 3.08. The number of para-hydroxylation sites is 1. The van der Waals surface area contributed by atoms with Crippen LogP contribution in [0.2, 0.25) is 0 Å². The molecule has 2 N–H and O–H groups in total. The fraction of sp³-hybridized carbons (Fsp3) is 0.500. The van der Waals surface area contributed by atoms with Crippen molar-refractivity contribution in [2.45, 2.75) is 18.6 Å². The third-order valence-electron chi connectivity index (χ3n) is 3.08. The van der Waals surface area contributed by atoms with Crippen LogP contribution in [0.3, 0.4) is 0 Å². The molecule has 1 saturated heterocycles. The Kier molecular flexibility index (Phi) is 3.59. The van der Waals surface area contributed by atoms with Crippen molar-refractivity contribution in [3.8, 4) is 5.75 Å². The molecule has 1 aliphatic rings. The molecule has 94 valence electrons. The molecule has 17 heavy (non-hydrogen) atoms. The van der Waals surface area contributed by atoms with Gasteiger partial charge >= 0.3 is 6.61 Å². The topological polar surface area (TPSA) is 38.5 Å². The fourth-order valence-corrected chi connectivity index (χ4v) is 2.35. The summed E-state index contributed by atoms with van der Waals surface area (Å²) in [5, 5.41) is 0. The van der Waals surface area contributed by atoms with E-state index in [-0.39, 0.29) is 17.7 Å². The second-order valence-corrected chi connectivity index (χ2v) is 4.41. The van der Waals surface area contributed by atoms with Crippen LogP contribution >= 0.6 is 0 Å². The van der Waals surface area contributed by atoms with Crippen LogP contribution in [0.1, 0.15) is 11.5 Å². The maximum absolute atomic E-state index is 12.3. The Balaban J connectivity index is 2.25. The summed E-state index contributed by atoms with van der Waals surface area (Å²) in [7, 11) is 1.97. The van der Waals surface area contributed by atoms with Gasteiger partial charge in [-0.1, -0.05) is 18.2 Å². The van der Waals surface area contributed by atoms with Gasteiger partial charge in [-0.05, 0) is 13.1 Å². The fourth-order valence-electron chi connectivity index (χ4n) is 2.35. The van der Waals surface area contributed by atoms with E-state index in [2.05, 4.69) is 9.64 Å². The molecule has 1 aliphatic heterocycles. The second-order valence-electron chi connectivity index (χ2n) is 4.41. The molecule has 0 amide bonds. The lowest BCUT2D eigenvalue weighted by molar-refractivity contribution is -0.0506. The summed E-state index contributed by atoms with van der Waals surface area (Å²) in [6.45, 7) is -1.26. The summed E-state index contributed by atoms with van der Waals surface area (Å²) in [5.41, 5.74) is 6.78. The van der Waals surface area contributed by atoms with E-state index in [9.17, 15) is 8.78 Å². The molecule has 2 rings (SSSR count). The van der Waals surface area contributed by atoms with Crippen molar-refractivity contribution in [2.75, 3.05) is 20.1 Å². The van der Waals surface area contributed by atoms with E-state index in [0.717, 1.165) is 18.7 Å². The van der Waals surface area contributed by atoms with Crippen molar-refractivity contribution in [3.63, 3.8) is 0 Å². The first kappa shape index (κ1) is 12.3. The van der Waals surface area contributed by atoms with E-state index in [1.54, 1.807) is 18.2 Å². The van der Waals surface area contributed by atoms with Crippen LogP contribution < -0.4 is 10.5 Å². The number of halogens is 2. The maximum Gasteiger partial charge on any atom is 0.387 e. The summed E-state index contributed by atoms with van der Waals surface area (Å²) >= 11 is 0. The van der Waals surface area contributed by atoms with Crippen LogP contribution in [-0.2, 0) is 0 Å². The molecule has 3 nitrogen and oxygen atoms in total. The largest absolute Gasteiger partial charge is 0.435 e. The summed E-state index contributed by atoms with van der Waals surface area (Å²) < 4.78 is 29.1. The van der Waals surface area contributed by atoms with Gasteiger partial charge in [0.15, 0.2) is 0 Å². The first-order valence-electron chi connectivity index (χ1n) is 5.56. The number of ether oxygens (including phenoxy) is 1. The van der Waals surface area contributed by atoms with Crippen LogP contribution in [0.25, 0.3) is 0 Å². The molecule has 0 aromatic heterocycles. The maximum atomic E-state index is 12.3. The average Bonchev–Trinajstić information content (AvgIpc) is 2.58. The van der Waals surface area contributed by atoms with Gasteiger partial charge in [0.1, 0.15) is 5.75 Å². The van der Waals surface area contributed by atoms with E-state index in [1.165, 1.54) is 0 Å². The molecular weight excluding hydrogens is 226 g/mol. The monoisotopic (exact) mass is 242 g/mol. The second kappa shape index (κ2) is 4.98. The third kappa shape index (κ3) is 2.73. The van der Waals surface area contributed by atoms with Crippen molar-refractivity contribution < 1.29 is 13.5 Å². The van der Waals surface area contributed by atoms with Gasteiger partial charge in [-0.15, -0.1) is 0 Å². The van der Waals surface area contributed by atoms with Gasteiger partial charge in [-0.2, -0.15) is 8.78 Å². The number of rotatable bonds is 3. The van der Waals surface area contributed by atoms with Crippen LogP contribution in [0, 0.1) is 0 Å². The molecule has 5 heteroatoms. The lowest BCUT2D eigenvalue weighted by atomic mass is 9.94. The Morgan fingerprint density at radius 3 is 2.65 bits per heavy atom. The van der Waals surface area contributed by atoms with Crippen LogP contribution in [0.5, 0.6) is 5.75 Å². The highest BCUT2D eigenvalue weighted by molar-refractivity contribution is 5.38. The van der Waals surface area contributed by atoms with Gasteiger partial charge in [0.2, 0.25) is 0 Å². The quantitative estimate of drug-likeness (QED) is 0.875. The Morgan fingerprint density at radius 1 is 1.35 bits per heavy atom. The number of alkyl halides is 2. The molecule has 1 aromatic carbocycles. The molecule has 2 atom stereocenters. The molecule has 0 radical (unpaired) electrons. The van der Waals surface area contributed by atoms with Crippen LogP contribution in [0.15, 0.2) is 24.3 Å². The first-order valence-corrected chi connectivity index (χ1v) is 5.56. The van der Waals surface area contributed by atoms with Crippen LogP contribution in [0.4, 0.5) is 8.78 Å².